The van der Waals surface area contributed by atoms with Gasteiger partial charge in [-0.2, -0.15) is 0 Å². The molecule has 4 rings (SSSR count). The summed E-state index contributed by atoms with van der Waals surface area (Å²) in [5, 5.41) is 3.21. The molecular weight excluding hydrogens is 280 g/mol. The average Bonchev–Trinajstić information content (AvgIpc) is 3.43. The van der Waals surface area contributed by atoms with Crippen molar-refractivity contribution in [2.45, 2.75) is 37.8 Å². The Labute approximate surface area is 130 Å². The molecule has 1 heterocycles. The van der Waals surface area contributed by atoms with Gasteiger partial charge in [0.05, 0.1) is 6.04 Å². The van der Waals surface area contributed by atoms with Gasteiger partial charge < -0.3 is 19.7 Å². The summed E-state index contributed by atoms with van der Waals surface area (Å²) in [6.07, 6.45) is 4.60. The van der Waals surface area contributed by atoms with Gasteiger partial charge in [0.25, 0.3) is 0 Å². The van der Waals surface area contributed by atoms with Crippen molar-refractivity contribution in [3.05, 3.63) is 23.8 Å². The predicted octanol–water partition coefficient (Wildman–Crippen LogP) is 2.71. The Kier molecular flexibility index (Phi) is 3.36. The fourth-order valence-corrected chi connectivity index (χ4v) is 3.02. The van der Waals surface area contributed by atoms with E-state index in [0.29, 0.717) is 25.2 Å². The summed E-state index contributed by atoms with van der Waals surface area (Å²) in [6, 6.07) is 6.57. The molecule has 1 aliphatic heterocycles. The lowest BCUT2D eigenvalue weighted by molar-refractivity contribution is 0.171. The average molecular weight is 302 g/mol. The largest absolute Gasteiger partial charge is 0.486 e. The van der Waals surface area contributed by atoms with E-state index in [9.17, 15) is 4.79 Å². The molecule has 2 aliphatic carbocycles. The predicted molar refractivity (Wildman–Crippen MR) is 82.2 cm³/mol. The second-order valence-electron chi connectivity index (χ2n) is 6.51. The molecule has 1 aromatic rings. The Morgan fingerprint density at radius 3 is 2.59 bits per heavy atom. The molecule has 1 unspecified atom stereocenters. The van der Waals surface area contributed by atoms with Gasteiger partial charge in [0.2, 0.25) is 0 Å². The van der Waals surface area contributed by atoms with E-state index in [4.69, 9.17) is 9.47 Å². The molecule has 2 amide bonds. The third-order valence-corrected chi connectivity index (χ3v) is 4.71. The number of benzene rings is 1. The summed E-state index contributed by atoms with van der Waals surface area (Å²) < 4.78 is 11.2. The number of hydrogen-bond acceptors (Lipinski definition) is 3. The van der Waals surface area contributed by atoms with Crippen molar-refractivity contribution in [3.63, 3.8) is 0 Å². The summed E-state index contributed by atoms with van der Waals surface area (Å²) >= 11 is 0. The van der Waals surface area contributed by atoms with Gasteiger partial charge in [-0.15, -0.1) is 0 Å². The second-order valence-corrected chi connectivity index (χ2v) is 6.51. The van der Waals surface area contributed by atoms with Crippen LogP contribution in [0, 0.1) is 5.92 Å². The molecule has 1 aromatic carbocycles. The Morgan fingerprint density at radius 2 is 1.91 bits per heavy atom. The van der Waals surface area contributed by atoms with Crippen molar-refractivity contribution in [3.8, 4) is 11.5 Å². The molecular formula is C17H22N2O3. The van der Waals surface area contributed by atoms with Crippen molar-refractivity contribution in [1.29, 1.82) is 0 Å². The number of hydrogen-bond donors (Lipinski definition) is 1. The van der Waals surface area contributed by atoms with Crippen LogP contribution in [0.25, 0.3) is 0 Å². The van der Waals surface area contributed by atoms with Gasteiger partial charge in [-0.25, -0.2) is 4.79 Å². The van der Waals surface area contributed by atoms with Crippen LogP contribution in [-0.2, 0) is 0 Å². The molecule has 0 radical (unpaired) electrons. The number of carbonyl (C=O) groups excluding carboxylic acids is 1. The van der Waals surface area contributed by atoms with E-state index in [1.54, 1.807) is 0 Å². The minimum absolute atomic E-state index is 0.0364. The smallest absolute Gasteiger partial charge is 0.317 e. The fourth-order valence-electron chi connectivity index (χ4n) is 3.02. The molecule has 1 N–H and O–H groups in total. The van der Waals surface area contributed by atoms with Crippen molar-refractivity contribution < 1.29 is 14.3 Å². The van der Waals surface area contributed by atoms with Gasteiger partial charge in [-0.3, -0.25) is 0 Å². The first-order valence-electron chi connectivity index (χ1n) is 8.15. The van der Waals surface area contributed by atoms with E-state index >= 15 is 0 Å². The van der Waals surface area contributed by atoms with Crippen LogP contribution in [0.4, 0.5) is 4.79 Å². The summed E-state index contributed by atoms with van der Waals surface area (Å²) in [4.78, 5) is 14.2. The molecule has 0 aromatic heterocycles. The number of urea groups is 1. The second kappa shape index (κ2) is 5.38. The highest BCUT2D eigenvalue weighted by atomic mass is 16.6. The van der Waals surface area contributed by atoms with E-state index in [-0.39, 0.29) is 12.1 Å². The Balaban J connectivity index is 1.52. The molecule has 2 fully saturated rings. The van der Waals surface area contributed by atoms with E-state index < -0.39 is 0 Å². The van der Waals surface area contributed by atoms with Crippen molar-refractivity contribution in [2.75, 3.05) is 20.3 Å². The maximum atomic E-state index is 12.4. The summed E-state index contributed by atoms with van der Waals surface area (Å²) in [5.41, 5.74) is 1.12. The number of carbonyl (C=O) groups is 1. The van der Waals surface area contributed by atoms with Gasteiger partial charge in [-0.05, 0) is 49.3 Å². The Morgan fingerprint density at radius 1 is 1.18 bits per heavy atom. The standard InChI is InChI=1S/C17H22N2O3/c1-19(13-5-6-13)17(20)18-16(11-2-3-11)12-4-7-14-15(10-12)22-9-8-21-14/h4,7,10-11,13,16H,2-3,5-6,8-9H2,1H3,(H,18,20). The highest BCUT2D eigenvalue weighted by Crippen LogP contribution is 2.43. The minimum atomic E-state index is 0.0364. The zero-order valence-electron chi connectivity index (χ0n) is 12.9. The molecule has 118 valence electrons. The molecule has 3 aliphatic rings. The Hall–Kier alpha value is -1.91. The van der Waals surface area contributed by atoms with Crippen LogP contribution in [0.3, 0.4) is 0 Å². The first kappa shape index (κ1) is 13.7. The molecule has 5 nitrogen and oxygen atoms in total. The summed E-state index contributed by atoms with van der Waals surface area (Å²) in [7, 11) is 1.89. The SMILES string of the molecule is CN(C(=O)NC(c1ccc2c(c1)OCCO2)C1CC1)C1CC1. The molecule has 22 heavy (non-hydrogen) atoms. The summed E-state index contributed by atoms with van der Waals surface area (Å²) in [6.45, 7) is 1.18. The quantitative estimate of drug-likeness (QED) is 0.930. The van der Waals surface area contributed by atoms with Gasteiger partial charge in [0, 0.05) is 13.1 Å². The molecule has 2 saturated carbocycles. The molecule has 5 heteroatoms. The number of amides is 2. The number of rotatable bonds is 4. The lowest BCUT2D eigenvalue weighted by Crippen LogP contribution is -2.41. The van der Waals surface area contributed by atoms with Crippen LogP contribution in [-0.4, -0.2) is 37.2 Å². The van der Waals surface area contributed by atoms with Crippen LogP contribution >= 0.6 is 0 Å². The van der Waals surface area contributed by atoms with Gasteiger partial charge >= 0.3 is 6.03 Å². The van der Waals surface area contributed by atoms with Gasteiger partial charge in [0.1, 0.15) is 13.2 Å². The van der Waals surface area contributed by atoms with Crippen LogP contribution in [0.15, 0.2) is 18.2 Å². The van der Waals surface area contributed by atoms with Crippen LogP contribution in [0.5, 0.6) is 11.5 Å². The van der Waals surface area contributed by atoms with E-state index in [0.717, 1.165) is 29.9 Å². The first-order chi connectivity index (χ1) is 10.7. The van der Waals surface area contributed by atoms with Crippen LogP contribution < -0.4 is 14.8 Å². The topological polar surface area (TPSA) is 50.8 Å². The van der Waals surface area contributed by atoms with Crippen LogP contribution in [0.1, 0.15) is 37.3 Å². The number of ether oxygens (including phenoxy) is 2. The maximum Gasteiger partial charge on any atom is 0.317 e. The van der Waals surface area contributed by atoms with Gasteiger partial charge in [0.15, 0.2) is 11.5 Å². The molecule has 0 spiro atoms. The zero-order chi connectivity index (χ0) is 15.1. The monoisotopic (exact) mass is 302 g/mol. The van der Waals surface area contributed by atoms with Crippen molar-refractivity contribution in [1.82, 2.24) is 10.2 Å². The highest BCUT2D eigenvalue weighted by molar-refractivity contribution is 5.75. The molecule has 1 atom stereocenters. The first-order valence-corrected chi connectivity index (χ1v) is 8.15. The lowest BCUT2D eigenvalue weighted by atomic mass is 10.0. The number of nitrogens with zero attached hydrogens (tertiary/aromatic N) is 1. The third kappa shape index (κ3) is 2.72. The fraction of sp³-hybridized carbons (Fsp3) is 0.588. The molecule has 0 saturated heterocycles. The summed E-state index contributed by atoms with van der Waals surface area (Å²) in [5.74, 6) is 2.13. The van der Waals surface area contributed by atoms with E-state index in [1.165, 1.54) is 12.8 Å². The third-order valence-electron chi connectivity index (χ3n) is 4.71. The van der Waals surface area contributed by atoms with Crippen LogP contribution in [0.2, 0.25) is 0 Å². The minimum Gasteiger partial charge on any atom is -0.486 e. The normalized spacial score (nSPS) is 21.1. The van der Waals surface area contributed by atoms with E-state index in [1.807, 2.05) is 30.1 Å². The highest BCUT2D eigenvalue weighted by Gasteiger charge is 2.36. The van der Waals surface area contributed by atoms with E-state index in [2.05, 4.69) is 5.32 Å². The zero-order valence-corrected chi connectivity index (χ0v) is 12.9. The van der Waals surface area contributed by atoms with Crippen molar-refractivity contribution >= 4 is 6.03 Å². The Bertz CT molecular complexity index is 581. The van der Waals surface area contributed by atoms with Crippen molar-refractivity contribution in [2.24, 2.45) is 5.92 Å². The number of nitrogens with one attached hydrogen (secondary N) is 1. The maximum absolute atomic E-state index is 12.4. The lowest BCUT2D eigenvalue weighted by Gasteiger charge is -2.25. The van der Waals surface area contributed by atoms with Gasteiger partial charge in [-0.1, -0.05) is 6.07 Å². The molecule has 0 bridgehead atoms. The number of fused-ring (bicyclic) bond motifs is 1.